The van der Waals surface area contributed by atoms with E-state index < -0.39 is 5.11 Å². The number of nitrogens with one attached hydrogen (secondary N) is 1. The minimum atomic E-state index is -0.596. The molecule has 4 radical (unpaired) electrons. The lowest BCUT2D eigenvalue weighted by molar-refractivity contribution is -0.133. The zero-order valence-corrected chi connectivity index (χ0v) is 9.30. The third-order valence-corrected chi connectivity index (χ3v) is 3.62. The molecular formula is C11H10B3NO2. The minimum absolute atomic E-state index is 0.0410. The van der Waals surface area contributed by atoms with Gasteiger partial charge in [0.05, 0.1) is 22.3 Å². The maximum Gasteiger partial charge on any atom is 0.238 e. The lowest BCUT2D eigenvalue weighted by Crippen LogP contribution is -2.29. The van der Waals surface area contributed by atoms with Gasteiger partial charge < -0.3 is 0 Å². The SMILES string of the molecule is [B]C1([B])B2C(C(=O)NOCc3ccccc3)C21. The summed E-state index contributed by atoms with van der Waals surface area (Å²) >= 11 is 0. The van der Waals surface area contributed by atoms with Crippen LogP contribution in [0.3, 0.4) is 0 Å². The van der Waals surface area contributed by atoms with Crippen LogP contribution in [-0.2, 0) is 16.2 Å². The molecule has 2 unspecified atom stereocenters. The Labute approximate surface area is 103 Å². The standard InChI is InChI=1S/C11H10B3NO2/c12-11(13)9-8(14(9)11)10(16)15-17-6-7-4-2-1-3-5-7/h1-5,8-9H,6H2,(H,15,16). The van der Waals surface area contributed by atoms with Crippen LogP contribution in [0.15, 0.2) is 30.3 Å². The third kappa shape index (κ3) is 1.80. The van der Waals surface area contributed by atoms with Gasteiger partial charge in [0.1, 0.15) is 6.71 Å². The van der Waals surface area contributed by atoms with Crippen LogP contribution < -0.4 is 5.48 Å². The third-order valence-electron chi connectivity index (χ3n) is 3.62. The van der Waals surface area contributed by atoms with Gasteiger partial charge in [-0.2, -0.15) is 0 Å². The smallest absolute Gasteiger partial charge is 0.238 e. The number of hydroxylamine groups is 1. The molecule has 0 spiro atoms. The van der Waals surface area contributed by atoms with Crippen molar-refractivity contribution < 1.29 is 9.63 Å². The second-order valence-electron chi connectivity index (χ2n) is 4.82. The number of hydrogen-bond acceptors (Lipinski definition) is 2. The maximum absolute atomic E-state index is 11.6. The summed E-state index contributed by atoms with van der Waals surface area (Å²) in [6.07, 6.45) is 0. The first-order valence-corrected chi connectivity index (χ1v) is 5.65. The molecule has 2 heterocycles. The topological polar surface area (TPSA) is 38.3 Å². The van der Waals surface area contributed by atoms with Crippen LogP contribution in [0.5, 0.6) is 0 Å². The van der Waals surface area contributed by atoms with Gasteiger partial charge in [-0.25, -0.2) is 5.48 Å². The molecule has 2 fully saturated rings. The normalized spacial score (nSPS) is 27.2. The van der Waals surface area contributed by atoms with E-state index in [4.69, 9.17) is 20.5 Å². The highest BCUT2D eigenvalue weighted by Crippen LogP contribution is 2.84. The molecule has 0 aliphatic carbocycles. The summed E-state index contributed by atoms with van der Waals surface area (Å²) in [5.74, 6) is 0.00561. The second kappa shape index (κ2) is 3.67. The highest BCUT2D eigenvalue weighted by atomic mass is 16.6. The Bertz CT molecular complexity index is 439. The van der Waals surface area contributed by atoms with Gasteiger partial charge in [-0.15, -0.1) is 5.11 Å². The first-order chi connectivity index (χ1) is 8.12. The number of fused-ring (bicyclic) bond motifs is 1. The summed E-state index contributed by atoms with van der Waals surface area (Å²) in [6.45, 7) is 0.521. The van der Waals surface area contributed by atoms with Gasteiger partial charge in [0.2, 0.25) is 5.91 Å². The molecule has 3 nitrogen and oxygen atoms in total. The molecule has 1 amide bonds. The molecule has 3 rings (SSSR count). The monoisotopic (exact) mass is 221 g/mol. The predicted molar refractivity (Wildman–Crippen MR) is 66.8 cm³/mol. The van der Waals surface area contributed by atoms with Crippen LogP contribution in [0.25, 0.3) is 0 Å². The molecule has 17 heavy (non-hydrogen) atoms. The summed E-state index contributed by atoms with van der Waals surface area (Å²) in [5, 5.41) is -0.596. The van der Waals surface area contributed by atoms with Gasteiger partial charge in [-0.1, -0.05) is 36.1 Å². The lowest BCUT2D eigenvalue weighted by Gasteiger charge is -2.17. The fraction of sp³-hybridized carbons (Fsp3) is 0.364. The number of carbonyl (C=O) groups excluding carboxylic acids is 1. The van der Waals surface area contributed by atoms with Crippen molar-refractivity contribution in [1.82, 2.24) is 5.48 Å². The van der Waals surface area contributed by atoms with E-state index in [1.165, 1.54) is 0 Å². The lowest BCUT2D eigenvalue weighted by atomic mass is 9.41. The Balaban J connectivity index is 1.40. The highest BCUT2D eigenvalue weighted by molar-refractivity contribution is 7.07. The Morgan fingerprint density at radius 1 is 1.41 bits per heavy atom. The van der Waals surface area contributed by atoms with Gasteiger partial charge in [0.25, 0.3) is 0 Å². The summed E-state index contributed by atoms with van der Waals surface area (Å²) in [7, 11) is 11.3. The first kappa shape index (κ1) is 11.0. The average molecular weight is 221 g/mol. The van der Waals surface area contributed by atoms with Gasteiger partial charge in [0.15, 0.2) is 0 Å². The molecule has 1 aromatic rings. The molecule has 0 saturated carbocycles. The largest absolute Gasteiger partial charge is 0.273 e. The predicted octanol–water partition coefficient (Wildman–Crippen LogP) is 0.489. The van der Waals surface area contributed by atoms with Gasteiger partial charge in [0, 0.05) is 5.82 Å². The quantitative estimate of drug-likeness (QED) is 0.593. The number of carbonyl (C=O) groups is 1. The fourth-order valence-corrected chi connectivity index (χ4v) is 2.46. The van der Waals surface area contributed by atoms with E-state index in [1.54, 1.807) is 0 Å². The summed E-state index contributed by atoms with van der Waals surface area (Å²) in [4.78, 5) is 16.7. The molecular weight excluding hydrogens is 211 g/mol. The number of amides is 1. The minimum Gasteiger partial charge on any atom is -0.273 e. The average Bonchev–Trinajstić information content (AvgIpc) is 3.18. The first-order valence-electron chi connectivity index (χ1n) is 5.65. The van der Waals surface area contributed by atoms with E-state index in [0.717, 1.165) is 5.56 Å². The second-order valence-corrected chi connectivity index (χ2v) is 4.82. The Morgan fingerprint density at radius 3 is 2.65 bits per heavy atom. The number of rotatable bonds is 4. The van der Waals surface area contributed by atoms with E-state index in [1.807, 2.05) is 30.3 Å². The molecule has 6 heteroatoms. The van der Waals surface area contributed by atoms with Crippen molar-refractivity contribution in [2.45, 2.75) is 23.4 Å². The van der Waals surface area contributed by atoms with Crippen molar-refractivity contribution in [3.63, 3.8) is 0 Å². The van der Waals surface area contributed by atoms with Crippen molar-refractivity contribution in [3.05, 3.63) is 35.9 Å². The summed E-state index contributed by atoms with van der Waals surface area (Å²) < 4.78 is 0. The van der Waals surface area contributed by atoms with Crippen LogP contribution in [0.4, 0.5) is 0 Å². The number of hydrogen-bond donors (Lipinski definition) is 1. The van der Waals surface area contributed by atoms with E-state index >= 15 is 0 Å². The van der Waals surface area contributed by atoms with Crippen molar-refractivity contribution in [1.29, 1.82) is 0 Å². The molecule has 0 aromatic heterocycles. The van der Waals surface area contributed by atoms with E-state index in [0.29, 0.717) is 6.61 Å². The molecule has 80 valence electrons. The van der Waals surface area contributed by atoms with E-state index in [9.17, 15) is 4.79 Å². The van der Waals surface area contributed by atoms with Crippen LogP contribution in [-0.4, -0.2) is 28.3 Å². The van der Waals surface area contributed by atoms with Crippen molar-refractivity contribution >= 4 is 28.3 Å². The molecule has 0 bridgehead atoms. The molecule has 2 aliphatic heterocycles. The summed E-state index contributed by atoms with van der Waals surface area (Å²) in [6, 6.07) is 9.65. The molecule has 2 aliphatic rings. The fourth-order valence-electron chi connectivity index (χ4n) is 2.46. The molecule has 2 saturated heterocycles. The molecule has 1 N–H and O–H groups in total. The van der Waals surface area contributed by atoms with E-state index in [-0.39, 0.29) is 24.3 Å². The molecule has 1 aromatic carbocycles. The van der Waals surface area contributed by atoms with Gasteiger partial charge in [-0.3, -0.25) is 9.63 Å². The highest BCUT2D eigenvalue weighted by Gasteiger charge is 2.81. The number of benzene rings is 1. The van der Waals surface area contributed by atoms with Gasteiger partial charge >= 0.3 is 0 Å². The zero-order chi connectivity index (χ0) is 12.0. The van der Waals surface area contributed by atoms with Crippen molar-refractivity contribution in [3.8, 4) is 0 Å². The van der Waals surface area contributed by atoms with Crippen molar-refractivity contribution in [2.75, 3.05) is 0 Å². The molecule has 2 atom stereocenters. The van der Waals surface area contributed by atoms with Crippen LogP contribution in [0, 0.1) is 0 Å². The Hall–Kier alpha value is -1.16. The Kier molecular flexibility index (Phi) is 2.37. The zero-order valence-electron chi connectivity index (χ0n) is 9.30. The maximum atomic E-state index is 11.6. The van der Waals surface area contributed by atoms with Crippen LogP contribution in [0.2, 0.25) is 16.7 Å². The van der Waals surface area contributed by atoms with Crippen molar-refractivity contribution in [2.24, 2.45) is 0 Å². The Morgan fingerprint density at radius 2 is 2.06 bits per heavy atom. The van der Waals surface area contributed by atoms with Crippen LogP contribution in [0.1, 0.15) is 5.56 Å². The van der Waals surface area contributed by atoms with E-state index in [2.05, 4.69) is 5.48 Å². The summed E-state index contributed by atoms with van der Waals surface area (Å²) in [5.41, 5.74) is 3.46. The van der Waals surface area contributed by atoms with Gasteiger partial charge in [-0.05, 0) is 5.56 Å². The van der Waals surface area contributed by atoms with Crippen LogP contribution >= 0.6 is 0 Å².